The molecule has 0 aliphatic carbocycles. The van der Waals surface area contributed by atoms with Crippen molar-refractivity contribution < 1.29 is 22.7 Å². The molecule has 0 unspecified atom stereocenters. The number of benzene rings is 1. The lowest BCUT2D eigenvalue weighted by molar-refractivity contribution is -0.137. The zero-order valence-corrected chi connectivity index (χ0v) is 17.4. The Morgan fingerprint density at radius 2 is 2.03 bits per heavy atom. The Bertz CT molecular complexity index is 1160. The summed E-state index contributed by atoms with van der Waals surface area (Å²) >= 11 is 0. The number of alkyl halides is 3. The topological polar surface area (TPSA) is 97.0 Å². The highest BCUT2D eigenvalue weighted by Crippen LogP contribution is 2.35. The fourth-order valence-electron chi connectivity index (χ4n) is 2.96. The highest BCUT2D eigenvalue weighted by Gasteiger charge is 2.31. The van der Waals surface area contributed by atoms with E-state index in [1.54, 1.807) is 25.3 Å². The third-order valence-electron chi connectivity index (χ3n) is 4.54. The summed E-state index contributed by atoms with van der Waals surface area (Å²) in [5.74, 6) is -0.253. The van der Waals surface area contributed by atoms with E-state index in [9.17, 15) is 22.8 Å². The van der Waals surface area contributed by atoms with Gasteiger partial charge in [0.25, 0.3) is 5.56 Å². The zero-order valence-electron chi connectivity index (χ0n) is 17.4. The van der Waals surface area contributed by atoms with Crippen LogP contribution in [0.1, 0.15) is 30.2 Å². The summed E-state index contributed by atoms with van der Waals surface area (Å²) in [6.45, 7) is 3.70. The van der Waals surface area contributed by atoms with Gasteiger partial charge in [0, 0.05) is 29.2 Å². The van der Waals surface area contributed by atoms with Gasteiger partial charge in [0.15, 0.2) is 0 Å². The van der Waals surface area contributed by atoms with E-state index in [4.69, 9.17) is 4.74 Å². The molecule has 2 N–H and O–H groups in total. The largest absolute Gasteiger partial charge is 0.491 e. The minimum atomic E-state index is -4.58. The number of hydrogen-bond donors (Lipinski definition) is 2. The summed E-state index contributed by atoms with van der Waals surface area (Å²) in [6.07, 6.45) is -1.19. The molecule has 1 amide bonds. The van der Waals surface area contributed by atoms with Gasteiger partial charge in [0.1, 0.15) is 11.6 Å². The van der Waals surface area contributed by atoms with Gasteiger partial charge in [-0.3, -0.25) is 14.6 Å². The van der Waals surface area contributed by atoms with E-state index in [0.29, 0.717) is 23.5 Å². The second-order valence-electron chi connectivity index (χ2n) is 7.00. The molecule has 2 aromatic heterocycles. The molecular formula is C22H21F3N4O3. The summed E-state index contributed by atoms with van der Waals surface area (Å²) in [4.78, 5) is 36.0. The van der Waals surface area contributed by atoms with Crippen LogP contribution in [0.5, 0.6) is 5.75 Å². The molecular weight excluding hydrogens is 425 g/mol. The van der Waals surface area contributed by atoms with Gasteiger partial charge in [0.05, 0.1) is 24.3 Å². The van der Waals surface area contributed by atoms with Crippen LogP contribution in [-0.4, -0.2) is 27.5 Å². The Hall–Kier alpha value is -3.69. The Morgan fingerprint density at radius 1 is 1.25 bits per heavy atom. The standard InChI is InChI=1S/C22H21F3N4O3/c1-3-9-32-18-7-6-15(22(23,24)25)10-17(18)28-19(30)11-16-13(2)27-20(29-21(16)31)14-5-4-8-26-12-14/h4-8,10,12H,3,9,11H2,1-2H3,(H,28,30)(H,27,29,31). The van der Waals surface area contributed by atoms with Gasteiger partial charge in [-0.25, -0.2) is 4.98 Å². The number of nitrogens with zero attached hydrogens (tertiary/aromatic N) is 2. The molecule has 0 saturated heterocycles. The monoisotopic (exact) mass is 446 g/mol. The number of amides is 1. The second-order valence-corrected chi connectivity index (χ2v) is 7.00. The van der Waals surface area contributed by atoms with Gasteiger partial charge in [-0.05, 0) is 43.7 Å². The first-order chi connectivity index (χ1) is 15.2. The number of aromatic amines is 1. The lowest BCUT2D eigenvalue weighted by Gasteiger charge is -2.15. The van der Waals surface area contributed by atoms with Crippen molar-refractivity contribution in [3.05, 3.63) is 69.9 Å². The van der Waals surface area contributed by atoms with Crippen molar-refractivity contribution in [2.45, 2.75) is 32.9 Å². The number of ether oxygens (including phenoxy) is 1. The number of nitrogens with one attached hydrogen (secondary N) is 2. The summed E-state index contributed by atoms with van der Waals surface area (Å²) in [6, 6.07) is 6.28. The van der Waals surface area contributed by atoms with Crippen molar-refractivity contribution in [2.24, 2.45) is 0 Å². The molecule has 3 rings (SSSR count). The molecule has 7 nitrogen and oxygen atoms in total. The number of halogens is 3. The molecule has 0 spiro atoms. The SMILES string of the molecule is CCCOc1ccc(C(F)(F)F)cc1NC(=O)Cc1c(C)nc(-c2cccnc2)[nH]c1=O. The van der Waals surface area contributed by atoms with Crippen molar-refractivity contribution >= 4 is 11.6 Å². The highest BCUT2D eigenvalue weighted by molar-refractivity contribution is 5.94. The van der Waals surface area contributed by atoms with Gasteiger partial charge in [-0.15, -0.1) is 0 Å². The van der Waals surface area contributed by atoms with Crippen molar-refractivity contribution in [3.8, 4) is 17.1 Å². The lowest BCUT2D eigenvalue weighted by atomic mass is 10.1. The van der Waals surface area contributed by atoms with Gasteiger partial charge in [-0.1, -0.05) is 6.92 Å². The van der Waals surface area contributed by atoms with E-state index in [1.807, 2.05) is 6.92 Å². The number of aromatic nitrogens is 3. The predicted octanol–water partition coefficient (Wildman–Crippen LogP) is 4.13. The predicted molar refractivity (Wildman–Crippen MR) is 112 cm³/mol. The van der Waals surface area contributed by atoms with Crippen LogP contribution in [0.15, 0.2) is 47.5 Å². The van der Waals surface area contributed by atoms with Crippen molar-refractivity contribution in [2.75, 3.05) is 11.9 Å². The van der Waals surface area contributed by atoms with Gasteiger partial charge < -0.3 is 15.0 Å². The molecule has 168 valence electrons. The summed E-state index contributed by atoms with van der Waals surface area (Å²) in [5, 5.41) is 2.43. The molecule has 0 aliphatic heterocycles. The van der Waals surface area contributed by atoms with E-state index in [-0.39, 0.29) is 30.0 Å². The minimum Gasteiger partial charge on any atom is -0.491 e. The number of hydrogen-bond acceptors (Lipinski definition) is 5. The summed E-state index contributed by atoms with van der Waals surface area (Å²) in [5.41, 5.74) is -0.517. The van der Waals surface area contributed by atoms with Crippen molar-refractivity contribution in [1.82, 2.24) is 15.0 Å². The Balaban J connectivity index is 1.84. The fourth-order valence-corrected chi connectivity index (χ4v) is 2.96. The molecule has 0 atom stereocenters. The van der Waals surface area contributed by atoms with Gasteiger partial charge >= 0.3 is 6.18 Å². The number of aryl methyl sites for hydroxylation is 1. The Labute approximate surface area is 181 Å². The van der Waals surface area contributed by atoms with Gasteiger partial charge in [0.2, 0.25) is 5.91 Å². The van der Waals surface area contributed by atoms with Crippen LogP contribution in [-0.2, 0) is 17.4 Å². The van der Waals surface area contributed by atoms with E-state index in [2.05, 4.69) is 20.3 Å². The molecule has 3 aromatic rings. The maximum absolute atomic E-state index is 13.1. The number of carbonyl (C=O) groups is 1. The maximum atomic E-state index is 13.1. The molecule has 2 heterocycles. The molecule has 10 heteroatoms. The summed E-state index contributed by atoms with van der Waals surface area (Å²) in [7, 11) is 0. The van der Waals surface area contributed by atoms with Crippen LogP contribution < -0.4 is 15.6 Å². The van der Waals surface area contributed by atoms with E-state index in [1.165, 1.54) is 6.20 Å². The van der Waals surface area contributed by atoms with Crippen LogP contribution in [0.3, 0.4) is 0 Å². The second kappa shape index (κ2) is 9.63. The Morgan fingerprint density at radius 3 is 2.66 bits per heavy atom. The van der Waals surface area contributed by atoms with Crippen molar-refractivity contribution in [3.63, 3.8) is 0 Å². The van der Waals surface area contributed by atoms with Crippen LogP contribution in [0.25, 0.3) is 11.4 Å². The normalized spacial score (nSPS) is 11.3. The van der Waals surface area contributed by atoms with Crippen LogP contribution in [0.2, 0.25) is 0 Å². The third kappa shape index (κ3) is 5.51. The van der Waals surface area contributed by atoms with Crippen molar-refractivity contribution in [1.29, 1.82) is 0 Å². The minimum absolute atomic E-state index is 0.109. The fraction of sp³-hybridized carbons (Fsp3) is 0.273. The maximum Gasteiger partial charge on any atom is 0.416 e. The smallest absolute Gasteiger partial charge is 0.416 e. The molecule has 1 aromatic carbocycles. The first-order valence-electron chi connectivity index (χ1n) is 9.83. The number of H-pyrrole nitrogens is 1. The average Bonchev–Trinajstić information content (AvgIpc) is 2.75. The van der Waals surface area contributed by atoms with Crippen LogP contribution in [0, 0.1) is 6.92 Å². The molecule has 0 bridgehead atoms. The number of rotatable bonds is 7. The molecule has 32 heavy (non-hydrogen) atoms. The lowest BCUT2D eigenvalue weighted by Crippen LogP contribution is -2.24. The Kier molecular flexibility index (Phi) is 6.92. The van der Waals surface area contributed by atoms with E-state index >= 15 is 0 Å². The quantitative estimate of drug-likeness (QED) is 0.569. The average molecular weight is 446 g/mol. The van der Waals surface area contributed by atoms with E-state index in [0.717, 1.165) is 18.2 Å². The molecule has 0 aliphatic rings. The number of carbonyl (C=O) groups excluding carboxylic acids is 1. The molecule has 0 radical (unpaired) electrons. The molecule has 0 fully saturated rings. The molecule has 0 saturated carbocycles. The summed E-state index contributed by atoms with van der Waals surface area (Å²) < 4.78 is 44.8. The number of pyridine rings is 1. The first-order valence-corrected chi connectivity index (χ1v) is 9.83. The zero-order chi connectivity index (χ0) is 23.3. The van der Waals surface area contributed by atoms with Gasteiger partial charge in [-0.2, -0.15) is 13.2 Å². The number of anilines is 1. The van der Waals surface area contributed by atoms with Crippen LogP contribution >= 0.6 is 0 Å². The highest BCUT2D eigenvalue weighted by atomic mass is 19.4. The third-order valence-corrected chi connectivity index (χ3v) is 4.54. The first kappa shape index (κ1) is 23.0. The van der Waals surface area contributed by atoms with E-state index < -0.39 is 23.2 Å². The van der Waals surface area contributed by atoms with Crippen LogP contribution in [0.4, 0.5) is 18.9 Å².